The smallest absolute Gasteiger partial charge is 0.0707 e. The van der Waals surface area contributed by atoms with Crippen LogP contribution in [0, 0.1) is 0 Å². The topological polar surface area (TPSA) is 0 Å². The Morgan fingerprint density at radius 1 is 1.25 bits per heavy atom. The Hall–Kier alpha value is 0.797. The maximum Gasteiger partial charge on any atom is 0.0707 e. The molecule has 0 heterocycles. The SMILES string of the molecule is CCC[SiH](CCl)CCl. The van der Waals surface area contributed by atoms with Crippen LogP contribution in [-0.4, -0.2) is 19.8 Å². The van der Waals surface area contributed by atoms with E-state index in [1.807, 2.05) is 0 Å². The third-order valence-electron chi connectivity index (χ3n) is 1.13. The summed E-state index contributed by atoms with van der Waals surface area (Å²) in [5, 5.41) is 0. The average molecular weight is 171 g/mol. The van der Waals surface area contributed by atoms with Crippen LogP contribution >= 0.6 is 23.2 Å². The molecule has 0 spiro atoms. The van der Waals surface area contributed by atoms with Crippen molar-refractivity contribution in [2.75, 3.05) is 11.0 Å². The molecule has 0 radical (unpaired) electrons. The van der Waals surface area contributed by atoms with Crippen molar-refractivity contribution in [3.63, 3.8) is 0 Å². The fourth-order valence-electron chi connectivity index (χ4n) is 0.604. The van der Waals surface area contributed by atoms with Gasteiger partial charge in [-0.3, -0.25) is 0 Å². The summed E-state index contributed by atoms with van der Waals surface area (Å²) in [6, 6.07) is 1.30. The van der Waals surface area contributed by atoms with Crippen LogP contribution in [0.3, 0.4) is 0 Å². The number of rotatable bonds is 4. The van der Waals surface area contributed by atoms with Gasteiger partial charge in [-0.2, -0.15) is 0 Å². The largest absolute Gasteiger partial charge is 0.130 e. The molecular weight excluding hydrogens is 159 g/mol. The number of alkyl halides is 2. The van der Waals surface area contributed by atoms with Crippen molar-refractivity contribution in [1.82, 2.24) is 0 Å². The van der Waals surface area contributed by atoms with Crippen LogP contribution in [0.25, 0.3) is 0 Å². The first-order chi connectivity index (χ1) is 3.85. The molecule has 0 aromatic heterocycles. The minimum Gasteiger partial charge on any atom is -0.130 e. The molecule has 0 unspecified atom stereocenters. The van der Waals surface area contributed by atoms with Gasteiger partial charge >= 0.3 is 0 Å². The molecule has 0 bridgehead atoms. The molecule has 0 aliphatic carbocycles. The second-order valence-electron chi connectivity index (χ2n) is 1.96. The van der Waals surface area contributed by atoms with Crippen molar-refractivity contribution in [1.29, 1.82) is 0 Å². The van der Waals surface area contributed by atoms with Gasteiger partial charge in [0.2, 0.25) is 0 Å². The van der Waals surface area contributed by atoms with Gasteiger partial charge in [-0.1, -0.05) is 19.4 Å². The summed E-state index contributed by atoms with van der Waals surface area (Å²) in [5.74, 6) is 0. The van der Waals surface area contributed by atoms with E-state index < -0.39 is 8.80 Å². The van der Waals surface area contributed by atoms with Gasteiger partial charge < -0.3 is 0 Å². The van der Waals surface area contributed by atoms with Crippen LogP contribution < -0.4 is 0 Å². The molecule has 50 valence electrons. The molecule has 0 aliphatic heterocycles. The predicted octanol–water partition coefficient (Wildman–Crippen LogP) is 2.18. The Bertz CT molecular complexity index is 45.7. The molecule has 0 atom stereocenters. The zero-order chi connectivity index (χ0) is 6.41. The molecule has 0 amide bonds. The summed E-state index contributed by atoms with van der Waals surface area (Å²) in [6.07, 6.45) is 1.25. The van der Waals surface area contributed by atoms with Crippen molar-refractivity contribution in [3.8, 4) is 0 Å². The standard InChI is InChI=1S/C5H12Cl2Si/c1-2-3-8(4-6)5-7/h8H,2-5H2,1H3. The number of hydrogen-bond acceptors (Lipinski definition) is 0. The molecule has 0 saturated heterocycles. The van der Waals surface area contributed by atoms with Gasteiger partial charge in [0.15, 0.2) is 0 Å². The van der Waals surface area contributed by atoms with E-state index in [9.17, 15) is 0 Å². The lowest BCUT2D eigenvalue weighted by Crippen LogP contribution is -2.16. The van der Waals surface area contributed by atoms with Crippen LogP contribution in [0.4, 0.5) is 0 Å². The molecule has 0 aromatic carbocycles. The summed E-state index contributed by atoms with van der Waals surface area (Å²) in [4.78, 5) is 0. The second kappa shape index (κ2) is 5.93. The van der Waals surface area contributed by atoms with E-state index >= 15 is 0 Å². The van der Waals surface area contributed by atoms with E-state index in [0.29, 0.717) is 0 Å². The molecular formula is C5H12Cl2Si. The van der Waals surface area contributed by atoms with Crippen molar-refractivity contribution < 1.29 is 0 Å². The van der Waals surface area contributed by atoms with E-state index in [2.05, 4.69) is 6.92 Å². The third-order valence-corrected chi connectivity index (χ3v) is 6.02. The predicted molar refractivity (Wildman–Crippen MR) is 43.7 cm³/mol. The summed E-state index contributed by atoms with van der Waals surface area (Å²) < 4.78 is 0. The molecule has 0 nitrogen and oxygen atoms in total. The highest BCUT2D eigenvalue weighted by atomic mass is 35.5. The van der Waals surface area contributed by atoms with Crippen molar-refractivity contribution in [2.24, 2.45) is 0 Å². The Morgan fingerprint density at radius 3 is 1.88 bits per heavy atom. The Labute approximate surface area is 62.8 Å². The average Bonchev–Trinajstić information content (AvgIpc) is 1.83. The summed E-state index contributed by atoms with van der Waals surface area (Å²) >= 11 is 11.2. The van der Waals surface area contributed by atoms with Gasteiger partial charge in [0.05, 0.1) is 8.80 Å². The molecule has 0 fully saturated rings. The van der Waals surface area contributed by atoms with Gasteiger partial charge in [-0.05, 0) is 0 Å². The van der Waals surface area contributed by atoms with Gasteiger partial charge in [-0.25, -0.2) is 0 Å². The van der Waals surface area contributed by atoms with Gasteiger partial charge in [0.1, 0.15) is 0 Å². The molecule has 0 N–H and O–H groups in total. The summed E-state index contributed by atoms with van der Waals surface area (Å²) in [5.41, 5.74) is 1.69. The van der Waals surface area contributed by atoms with Crippen LogP contribution in [0.5, 0.6) is 0 Å². The van der Waals surface area contributed by atoms with E-state index in [1.54, 1.807) is 0 Å². The quantitative estimate of drug-likeness (QED) is 0.449. The highest BCUT2D eigenvalue weighted by Crippen LogP contribution is 2.00. The summed E-state index contributed by atoms with van der Waals surface area (Å²) in [7, 11) is -0.661. The van der Waals surface area contributed by atoms with Crippen molar-refractivity contribution in [2.45, 2.75) is 19.4 Å². The van der Waals surface area contributed by atoms with E-state index in [0.717, 1.165) is 11.0 Å². The Morgan fingerprint density at radius 2 is 1.75 bits per heavy atom. The number of hydrogen-bond donors (Lipinski definition) is 0. The maximum atomic E-state index is 5.62. The zero-order valence-corrected chi connectivity index (χ0v) is 7.83. The normalized spacial score (nSPS) is 10.5. The fraction of sp³-hybridized carbons (Fsp3) is 1.00. The van der Waals surface area contributed by atoms with Crippen LogP contribution in [0.2, 0.25) is 6.04 Å². The first kappa shape index (κ1) is 8.80. The lowest BCUT2D eigenvalue weighted by atomic mass is 10.6. The molecule has 3 heteroatoms. The lowest BCUT2D eigenvalue weighted by molar-refractivity contribution is 1.06. The minimum absolute atomic E-state index is 0.661. The Kier molecular flexibility index (Phi) is 6.52. The van der Waals surface area contributed by atoms with Crippen LogP contribution in [0.1, 0.15) is 13.3 Å². The van der Waals surface area contributed by atoms with Gasteiger partial charge in [0.25, 0.3) is 0 Å². The van der Waals surface area contributed by atoms with E-state index in [1.165, 1.54) is 12.5 Å². The second-order valence-corrected chi connectivity index (χ2v) is 6.74. The highest BCUT2D eigenvalue weighted by Gasteiger charge is 2.04. The molecule has 0 aromatic rings. The van der Waals surface area contributed by atoms with Gasteiger partial charge in [0, 0.05) is 11.0 Å². The zero-order valence-electron chi connectivity index (χ0n) is 5.16. The first-order valence-electron chi connectivity index (χ1n) is 2.97. The first-order valence-corrected chi connectivity index (χ1v) is 6.48. The highest BCUT2D eigenvalue weighted by molar-refractivity contribution is 6.73. The van der Waals surface area contributed by atoms with Crippen molar-refractivity contribution >= 4 is 32.0 Å². The molecule has 8 heavy (non-hydrogen) atoms. The molecule has 0 saturated carbocycles. The van der Waals surface area contributed by atoms with Crippen molar-refractivity contribution in [3.05, 3.63) is 0 Å². The van der Waals surface area contributed by atoms with Gasteiger partial charge in [-0.15, -0.1) is 23.2 Å². The minimum atomic E-state index is -0.661. The van der Waals surface area contributed by atoms with Crippen LogP contribution in [-0.2, 0) is 0 Å². The third kappa shape index (κ3) is 3.76. The molecule has 0 aliphatic rings. The number of halogens is 2. The summed E-state index contributed by atoms with van der Waals surface area (Å²) in [6.45, 7) is 2.18. The van der Waals surface area contributed by atoms with E-state index in [-0.39, 0.29) is 0 Å². The fourth-order valence-corrected chi connectivity index (χ4v) is 3.73. The van der Waals surface area contributed by atoms with Crippen LogP contribution in [0.15, 0.2) is 0 Å². The maximum absolute atomic E-state index is 5.62. The molecule has 0 rings (SSSR count). The monoisotopic (exact) mass is 170 g/mol. The Balaban J connectivity index is 3.07. The lowest BCUT2D eigenvalue weighted by Gasteiger charge is -2.03. The van der Waals surface area contributed by atoms with E-state index in [4.69, 9.17) is 23.2 Å².